The van der Waals surface area contributed by atoms with E-state index in [2.05, 4.69) is 14.9 Å². The highest BCUT2D eigenvalue weighted by molar-refractivity contribution is 7.94. The summed E-state index contributed by atoms with van der Waals surface area (Å²) in [7, 11) is -1.71. The van der Waals surface area contributed by atoms with Crippen molar-refractivity contribution < 1.29 is 8.42 Å². The van der Waals surface area contributed by atoms with Gasteiger partial charge in [0.1, 0.15) is 4.21 Å². The first-order chi connectivity index (χ1) is 11.9. The minimum Gasteiger partial charge on any atom is -0.354 e. The molecule has 0 spiro atoms. The van der Waals surface area contributed by atoms with E-state index >= 15 is 0 Å². The minimum absolute atomic E-state index is 0.197. The molecule has 1 N–H and O–H groups in total. The summed E-state index contributed by atoms with van der Waals surface area (Å²) in [4.78, 5) is 2.88. The summed E-state index contributed by atoms with van der Waals surface area (Å²) in [5.74, 6) is 0.863. The lowest BCUT2D eigenvalue weighted by molar-refractivity contribution is 0.603. The number of aryl methyl sites for hydroxylation is 1. The zero-order valence-electron chi connectivity index (χ0n) is 13.9. The van der Waals surface area contributed by atoms with Gasteiger partial charge in [0.15, 0.2) is 11.6 Å². The SMILES string of the molecule is Cc1ccc(S(=O)(=O)Nc2ccc(N(C)Cc3ccccc3)nn2)s1. The van der Waals surface area contributed by atoms with Crippen LogP contribution in [-0.2, 0) is 16.6 Å². The van der Waals surface area contributed by atoms with Crippen LogP contribution in [0.15, 0.2) is 58.8 Å². The lowest BCUT2D eigenvalue weighted by Crippen LogP contribution is -2.19. The van der Waals surface area contributed by atoms with Crippen LogP contribution in [0.2, 0.25) is 0 Å². The Morgan fingerprint density at radius 3 is 2.40 bits per heavy atom. The number of hydrogen-bond donors (Lipinski definition) is 1. The fourth-order valence-electron chi connectivity index (χ4n) is 2.27. The van der Waals surface area contributed by atoms with Crippen LogP contribution >= 0.6 is 11.3 Å². The van der Waals surface area contributed by atoms with Gasteiger partial charge in [-0.2, -0.15) is 0 Å². The third-order valence-electron chi connectivity index (χ3n) is 3.52. The molecule has 0 aliphatic carbocycles. The van der Waals surface area contributed by atoms with Crippen molar-refractivity contribution in [1.29, 1.82) is 0 Å². The highest BCUT2D eigenvalue weighted by Gasteiger charge is 2.17. The number of thiophene rings is 1. The molecule has 0 saturated carbocycles. The summed E-state index contributed by atoms with van der Waals surface area (Å²) < 4.78 is 27.3. The monoisotopic (exact) mass is 374 g/mol. The van der Waals surface area contributed by atoms with Crippen molar-refractivity contribution >= 4 is 33.0 Å². The second-order valence-electron chi connectivity index (χ2n) is 5.59. The van der Waals surface area contributed by atoms with Crippen molar-refractivity contribution in [2.45, 2.75) is 17.7 Å². The second-order valence-corrected chi connectivity index (χ2v) is 8.79. The number of rotatable bonds is 6. The van der Waals surface area contributed by atoms with E-state index in [1.54, 1.807) is 24.3 Å². The van der Waals surface area contributed by atoms with Crippen molar-refractivity contribution in [3.63, 3.8) is 0 Å². The van der Waals surface area contributed by atoms with Crippen LogP contribution < -0.4 is 9.62 Å². The van der Waals surface area contributed by atoms with Gasteiger partial charge in [-0.15, -0.1) is 21.5 Å². The normalized spacial score (nSPS) is 11.3. The van der Waals surface area contributed by atoms with E-state index in [9.17, 15) is 8.42 Å². The Balaban J connectivity index is 1.70. The van der Waals surface area contributed by atoms with Gasteiger partial charge in [-0.1, -0.05) is 30.3 Å². The van der Waals surface area contributed by atoms with Crippen LogP contribution in [-0.4, -0.2) is 25.7 Å². The third kappa shape index (κ3) is 4.34. The smallest absolute Gasteiger partial charge is 0.272 e. The standard InChI is InChI=1S/C17H18N4O2S2/c1-13-8-11-17(24-13)25(22,23)20-15-9-10-16(19-18-15)21(2)12-14-6-4-3-5-7-14/h3-11H,12H2,1-2H3,(H,18,20). The van der Waals surface area contributed by atoms with E-state index in [0.717, 1.165) is 10.4 Å². The summed E-state index contributed by atoms with van der Waals surface area (Å²) in [6.45, 7) is 2.55. The van der Waals surface area contributed by atoms with Gasteiger partial charge in [0.2, 0.25) is 0 Å². The van der Waals surface area contributed by atoms with Crippen LogP contribution in [0.4, 0.5) is 11.6 Å². The molecule has 0 saturated heterocycles. The summed E-state index contributed by atoms with van der Waals surface area (Å²) in [5.41, 5.74) is 1.16. The molecule has 130 valence electrons. The Hall–Kier alpha value is -2.45. The summed E-state index contributed by atoms with van der Waals surface area (Å²) in [6.07, 6.45) is 0. The van der Waals surface area contributed by atoms with Gasteiger partial charge in [0, 0.05) is 18.5 Å². The fourth-order valence-corrected chi connectivity index (χ4v) is 4.55. The van der Waals surface area contributed by atoms with Crippen molar-refractivity contribution in [2.24, 2.45) is 0 Å². The quantitative estimate of drug-likeness (QED) is 0.717. The van der Waals surface area contributed by atoms with Crippen LogP contribution in [0.3, 0.4) is 0 Å². The van der Waals surface area contributed by atoms with Crippen LogP contribution in [0, 0.1) is 6.92 Å². The molecule has 1 aromatic carbocycles. The maximum Gasteiger partial charge on any atom is 0.272 e. The molecule has 3 rings (SSSR count). The molecule has 25 heavy (non-hydrogen) atoms. The van der Waals surface area contributed by atoms with Gasteiger partial charge in [-0.3, -0.25) is 4.72 Å². The average molecular weight is 374 g/mol. The van der Waals surface area contributed by atoms with Crippen molar-refractivity contribution in [2.75, 3.05) is 16.7 Å². The number of anilines is 2. The topological polar surface area (TPSA) is 75.2 Å². The number of benzene rings is 1. The van der Waals surface area contributed by atoms with E-state index in [-0.39, 0.29) is 10.0 Å². The number of aromatic nitrogens is 2. The zero-order valence-corrected chi connectivity index (χ0v) is 15.5. The Morgan fingerprint density at radius 1 is 1.04 bits per heavy atom. The summed E-state index contributed by atoms with van der Waals surface area (Å²) >= 11 is 1.22. The maximum absolute atomic E-state index is 12.3. The molecule has 0 radical (unpaired) electrons. The molecule has 0 unspecified atom stereocenters. The highest BCUT2D eigenvalue weighted by Crippen LogP contribution is 2.23. The van der Waals surface area contributed by atoms with Gasteiger partial charge < -0.3 is 4.90 Å². The molecule has 0 fully saturated rings. The molecule has 2 heterocycles. The molecule has 0 amide bonds. The predicted molar refractivity (Wildman–Crippen MR) is 100 cm³/mol. The van der Waals surface area contributed by atoms with Crippen molar-refractivity contribution in [3.05, 3.63) is 65.0 Å². The number of sulfonamides is 1. The van der Waals surface area contributed by atoms with E-state index in [1.165, 1.54) is 11.3 Å². The molecule has 0 bridgehead atoms. The highest BCUT2D eigenvalue weighted by atomic mass is 32.2. The average Bonchev–Trinajstić information content (AvgIpc) is 3.03. The van der Waals surface area contributed by atoms with E-state index in [1.807, 2.05) is 49.2 Å². The lowest BCUT2D eigenvalue weighted by Gasteiger charge is -2.17. The summed E-state index contributed by atoms with van der Waals surface area (Å²) in [5, 5.41) is 8.09. The largest absolute Gasteiger partial charge is 0.354 e. The molecule has 6 nitrogen and oxygen atoms in total. The molecular weight excluding hydrogens is 356 g/mol. The van der Waals surface area contributed by atoms with Crippen molar-refractivity contribution in [1.82, 2.24) is 10.2 Å². The zero-order chi connectivity index (χ0) is 17.9. The predicted octanol–water partition coefficient (Wildman–Crippen LogP) is 3.28. The van der Waals surface area contributed by atoms with E-state index in [4.69, 9.17) is 0 Å². The molecule has 0 atom stereocenters. The van der Waals surface area contributed by atoms with Gasteiger partial charge in [-0.25, -0.2) is 8.42 Å². The first-order valence-corrected chi connectivity index (χ1v) is 9.92. The van der Waals surface area contributed by atoms with Gasteiger partial charge in [0.25, 0.3) is 10.0 Å². The first kappa shape index (κ1) is 17.4. The maximum atomic E-state index is 12.3. The minimum atomic E-state index is -3.62. The molecule has 8 heteroatoms. The molecule has 0 aliphatic heterocycles. The lowest BCUT2D eigenvalue weighted by atomic mass is 10.2. The molecular formula is C17H18N4O2S2. The Kier molecular flexibility index (Phi) is 5.00. The number of nitrogens with zero attached hydrogens (tertiary/aromatic N) is 3. The number of nitrogens with one attached hydrogen (secondary N) is 1. The Bertz CT molecular complexity index is 938. The Morgan fingerprint density at radius 2 is 1.80 bits per heavy atom. The first-order valence-electron chi connectivity index (χ1n) is 7.62. The fraction of sp³-hybridized carbons (Fsp3) is 0.176. The molecule has 2 aromatic heterocycles. The van der Waals surface area contributed by atoms with Crippen LogP contribution in [0.1, 0.15) is 10.4 Å². The van der Waals surface area contributed by atoms with E-state index < -0.39 is 10.0 Å². The summed E-state index contributed by atoms with van der Waals surface area (Å²) in [6, 6.07) is 16.7. The van der Waals surface area contributed by atoms with Crippen LogP contribution in [0.5, 0.6) is 0 Å². The van der Waals surface area contributed by atoms with Gasteiger partial charge >= 0.3 is 0 Å². The third-order valence-corrected chi connectivity index (χ3v) is 6.37. The van der Waals surface area contributed by atoms with Gasteiger partial charge in [0.05, 0.1) is 0 Å². The van der Waals surface area contributed by atoms with Gasteiger partial charge in [-0.05, 0) is 36.8 Å². The second kappa shape index (κ2) is 7.20. The molecule has 3 aromatic rings. The Labute approximate surface area is 151 Å². The number of hydrogen-bond acceptors (Lipinski definition) is 6. The van der Waals surface area contributed by atoms with E-state index in [0.29, 0.717) is 12.4 Å². The van der Waals surface area contributed by atoms with Crippen LogP contribution in [0.25, 0.3) is 0 Å². The molecule has 0 aliphatic rings. The van der Waals surface area contributed by atoms with Crippen molar-refractivity contribution in [3.8, 4) is 0 Å².